The maximum atomic E-state index is 12.1. The van der Waals surface area contributed by atoms with Crippen LogP contribution in [0.2, 0.25) is 10.3 Å². The first-order chi connectivity index (χ1) is 23.8. The molecule has 0 saturated heterocycles. The Morgan fingerprint density at radius 1 is 0.784 bits per heavy atom. The SMILES string of the molecule is CCOC(=O)C(C)(C)Oc1ccc(Cc2cc(Cl)nn(C)c2=O)nc1.CCOC(=O)C(C)(C)Oc1ccc(N)nc1.Cn1nc(Cl)cc(Br)c1=O. The number of aryl methyl sites for hydroxylation is 2. The van der Waals surface area contributed by atoms with Crippen LogP contribution in [-0.2, 0) is 39.6 Å². The van der Waals surface area contributed by atoms with Crippen LogP contribution >= 0.6 is 39.1 Å². The number of hydrogen-bond donors (Lipinski definition) is 1. The Morgan fingerprint density at radius 3 is 1.69 bits per heavy atom. The Labute approximate surface area is 313 Å². The highest BCUT2D eigenvalue weighted by molar-refractivity contribution is 9.10. The molecular formula is C33H40BrCl2N7O8. The number of carbonyl (C=O) groups excluding carboxylic acids is 2. The summed E-state index contributed by atoms with van der Waals surface area (Å²) in [6, 6.07) is 9.67. The van der Waals surface area contributed by atoms with Gasteiger partial charge in [0.1, 0.15) is 22.5 Å². The summed E-state index contributed by atoms with van der Waals surface area (Å²) in [5.41, 5.74) is 4.03. The maximum absolute atomic E-state index is 12.1. The van der Waals surface area contributed by atoms with Crippen LogP contribution in [0.25, 0.3) is 0 Å². The van der Waals surface area contributed by atoms with Crippen molar-refractivity contribution in [3.05, 3.63) is 95.5 Å². The van der Waals surface area contributed by atoms with E-state index in [0.29, 0.717) is 51.2 Å². The predicted molar refractivity (Wildman–Crippen MR) is 195 cm³/mol. The lowest BCUT2D eigenvalue weighted by molar-refractivity contribution is -0.159. The van der Waals surface area contributed by atoms with Crippen LogP contribution in [-0.4, -0.2) is 65.9 Å². The van der Waals surface area contributed by atoms with Crippen LogP contribution in [0.4, 0.5) is 5.82 Å². The Hall–Kier alpha value is -4.54. The zero-order valence-electron chi connectivity index (χ0n) is 29.4. The van der Waals surface area contributed by atoms with Crippen molar-refractivity contribution in [2.75, 3.05) is 18.9 Å². The molecule has 0 radical (unpaired) electrons. The molecule has 0 atom stereocenters. The quantitative estimate of drug-likeness (QED) is 0.217. The Morgan fingerprint density at radius 2 is 1.25 bits per heavy atom. The van der Waals surface area contributed by atoms with Crippen LogP contribution in [0.1, 0.15) is 52.8 Å². The minimum Gasteiger partial charge on any atom is -0.475 e. The van der Waals surface area contributed by atoms with Gasteiger partial charge in [0.05, 0.1) is 30.1 Å². The second kappa shape index (κ2) is 19.2. The van der Waals surface area contributed by atoms with Crippen molar-refractivity contribution in [1.82, 2.24) is 29.5 Å². The molecule has 0 saturated carbocycles. The highest BCUT2D eigenvalue weighted by atomic mass is 79.9. The molecule has 0 aliphatic carbocycles. The second-order valence-electron chi connectivity index (χ2n) is 11.4. The molecule has 276 valence electrons. The predicted octanol–water partition coefficient (Wildman–Crippen LogP) is 4.72. The van der Waals surface area contributed by atoms with E-state index in [9.17, 15) is 19.2 Å². The summed E-state index contributed by atoms with van der Waals surface area (Å²) in [5, 5.41) is 8.06. The van der Waals surface area contributed by atoms with E-state index in [1.54, 1.807) is 79.9 Å². The van der Waals surface area contributed by atoms with Crippen LogP contribution in [0.5, 0.6) is 11.5 Å². The number of aromatic nitrogens is 6. The molecule has 0 unspecified atom stereocenters. The number of carbonyl (C=O) groups is 2. The average Bonchev–Trinajstić information content (AvgIpc) is 3.05. The lowest BCUT2D eigenvalue weighted by atomic mass is 10.1. The van der Waals surface area contributed by atoms with Crippen molar-refractivity contribution in [2.45, 2.75) is 59.2 Å². The molecule has 0 fully saturated rings. The molecule has 4 rings (SSSR count). The molecule has 15 nitrogen and oxygen atoms in total. The summed E-state index contributed by atoms with van der Waals surface area (Å²) in [6.07, 6.45) is 3.29. The maximum Gasteiger partial charge on any atom is 0.349 e. The minimum atomic E-state index is -1.12. The summed E-state index contributed by atoms with van der Waals surface area (Å²) >= 11 is 14.4. The van der Waals surface area contributed by atoms with Gasteiger partial charge in [0, 0.05) is 31.8 Å². The van der Waals surface area contributed by atoms with E-state index in [0.717, 1.165) is 0 Å². The van der Waals surface area contributed by atoms with E-state index < -0.39 is 23.1 Å². The Bertz CT molecular complexity index is 1880. The summed E-state index contributed by atoms with van der Waals surface area (Å²) < 4.78 is 23.8. The fourth-order valence-electron chi connectivity index (χ4n) is 3.80. The molecule has 4 aromatic rings. The molecule has 0 spiro atoms. The van der Waals surface area contributed by atoms with Gasteiger partial charge in [-0.3, -0.25) is 14.6 Å². The molecule has 51 heavy (non-hydrogen) atoms. The topological polar surface area (TPSA) is 193 Å². The molecule has 0 amide bonds. The van der Waals surface area contributed by atoms with Crippen molar-refractivity contribution in [1.29, 1.82) is 0 Å². The number of rotatable bonds is 10. The zero-order valence-corrected chi connectivity index (χ0v) is 32.5. The van der Waals surface area contributed by atoms with Gasteiger partial charge in [-0.05, 0) is 93.9 Å². The summed E-state index contributed by atoms with van der Waals surface area (Å²) in [5.74, 6) is 0.455. The number of halogens is 3. The number of hydrogen-bond acceptors (Lipinski definition) is 13. The van der Waals surface area contributed by atoms with E-state index in [4.69, 9.17) is 47.9 Å². The molecule has 4 aromatic heterocycles. The van der Waals surface area contributed by atoms with Crippen LogP contribution in [0.3, 0.4) is 0 Å². The number of nitrogens with two attached hydrogens (primary N) is 1. The van der Waals surface area contributed by atoms with Crippen molar-refractivity contribution in [3.63, 3.8) is 0 Å². The molecule has 0 aliphatic heterocycles. The van der Waals surface area contributed by atoms with Gasteiger partial charge >= 0.3 is 11.9 Å². The minimum absolute atomic E-state index is 0.190. The molecule has 18 heteroatoms. The number of ether oxygens (including phenoxy) is 4. The van der Waals surface area contributed by atoms with Gasteiger partial charge in [-0.1, -0.05) is 23.2 Å². The van der Waals surface area contributed by atoms with E-state index in [-0.39, 0.29) is 22.9 Å². The molecular weight excluding hydrogens is 773 g/mol. The van der Waals surface area contributed by atoms with E-state index in [1.165, 1.54) is 33.9 Å². The highest BCUT2D eigenvalue weighted by Crippen LogP contribution is 2.21. The Kier molecular flexibility index (Phi) is 16.0. The van der Waals surface area contributed by atoms with Gasteiger partial charge in [-0.2, -0.15) is 10.2 Å². The number of esters is 2. The molecule has 2 N–H and O–H groups in total. The fraction of sp³-hybridized carbons (Fsp3) is 0.394. The Balaban J connectivity index is 0.000000295. The summed E-state index contributed by atoms with van der Waals surface area (Å²) in [7, 11) is 3.08. The average molecular weight is 814 g/mol. The van der Waals surface area contributed by atoms with Crippen LogP contribution < -0.4 is 26.3 Å². The molecule has 0 aliphatic rings. The lowest BCUT2D eigenvalue weighted by Crippen LogP contribution is -2.39. The molecule has 4 heterocycles. The second-order valence-corrected chi connectivity index (χ2v) is 13.0. The number of nitrogens with zero attached hydrogens (tertiary/aromatic N) is 6. The highest BCUT2D eigenvalue weighted by Gasteiger charge is 2.32. The van der Waals surface area contributed by atoms with Crippen molar-refractivity contribution < 1.29 is 28.5 Å². The molecule has 0 aromatic carbocycles. The first-order valence-electron chi connectivity index (χ1n) is 15.3. The first kappa shape index (κ1) is 42.6. The van der Waals surface area contributed by atoms with E-state index in [2.05, 4.69) is 36.1 Å². The third-order valence-corrected chi connectivity index (χ3v) is 7.24. The lowest BCUT2D eigenvalue weighted by Gasteiger charge is -2.23. The van der Waals surface area contributed by atoms with Crippen LogP contribution in [0, 0.1) is 0 Å². The normalized spacial score (nSPS) is 10.9. The molecule has 0 bridgehead atoms. The smallest absolute Gasteiger partial charge is 0.349 e. The largest absolute Gasteiger partial charge is 0.475 e. The van der Waals surface area contributed by atoms with Crippen molar-refractivity contribution >= 4 is 56.9 Å². The van der Waals surface area contributed by atoms with Gasteiger partial charge in [0.15, 0.2) is 16.4 Å². The van der Waals surface area contributed by atoms with Gasteiger partial charge < -0.3 is 24.7 Å². The van der Waals surface area contributed by atoms with Crippen molar-refractivity contribution in [2.24, 2.45) is 14.1 Å². The van der Waals surface area contributed by atoms with Gasteiger partial charge in [-0.25, -0.2) is 23.9 Å². The van der Waals surface area contributed by atoms with Gasteiger partial charge in [-0.15, -0.1) is 0 Å². The van der Waals surface area contributed by atoms with E-state index >= 15 is 0 Å². The zero-order chi connectivity index (χ0) is 38.5. The van der Waals surface area contributed by atoms with Crippen molar-refractivity contribution in [3.8, 4) is 11.5 Å². The van der Waals surface area contributed by atoms with Gasteiger partial charge in [0.2, 0.25) is 0 Å². The van der Waals surface area contributed by atoms with Gasteiger partial charge in [0.25, 0.3) is 11.1 Å². The number of pyridine rings is 2. The third-order valence-electron chi connectivity index (χ3n) is 6.31. The number of anilines is 1. The van der Waals surface area contributed by atoms with Crippen LogP contribution in [0.15, 0.2) is 62.9 Å². The standard InChI is InChI=1S/C17H20ClN3O4.C11H16N2O3.C5H4BrClN2O/c1-5-24-16(23)17(2,3)25-13-7-6-12(19-10-13)8-11-9-14(18)20-21(4)15(11)22;1-4-15-10(14)11(2,3)16-8-5-6-9(12)13-7-8;1-9-5(10)3(6)2-4(7)8-9/h6-7,9-10H,5,8H2,1-4H3;5-7H,4H2,1-3H3,(H2,12,13);2H,1H3. The fourth-order valence-corrected chi connectivity index (χ4v) is 4.87. The third kappa shape index (κ3) is 13.6. The monoisotopic (exact) mass is 811 g/mol. The summed E-state index contributed by atoms with van der Waals surface area (Å²) in [6.45, 7) is 10.6. The number of nitrogen functional groups attached to an aromatic ring is 1. The first-order valence-corrected chi connectivity index (χ1v) is 16.9. The van der Waals surface area contributed by atoms with E-state index in [1.807, 2.05) is 0 Å². The summed E-state index contributed by atoms with van der Waals surface area (Å²) in [4.78, 5) is 54.5.